The second-order valence-electron chi connectivity index (χ2n) is 5.89. The summed E-state index contributed by atoms with van der Waals surface area (Å²) in [6, 6.07) is 5.11. The van der Waals surface area contributed by atoms with Crippen LogP contribution in [0, 0.1) is 12.8 Å². The van der Waals surface area contributed by atoms with Crippen LogP contribution < -0.4 is 10.5 Å². The SMILES string of the molecule is Cc1ccc(S(=O)(=O)NC(C)(C)C2CC2)cc1CN. The molecule has 0 aromatic heterocycles. The number of benzene rings is 1. The summed E-state index contributed by atoms with van der Waals surface area (Å²) in [5.74, 6) is 0.446. The van der Waals surface area contributed by atoms with E-state index in [-0.39, 0.29) is 5.54 Å². The molecule has 1 saturated carbocycles. The van der Waals surface area contributed by atoms with Crippen molar-refractivity contribution in [2.45, 2.75) is 50.6 Å². The van der Waals surface area contributed by atoms with Crippen LogP contribution >= 0.6 is 0 Å². The highest BCUT2D eigenvalue weighted by molar-refractivity contribution is 7.89. The molecule has 0 unspecified atom stereocenters. The second kappa shape index (κ2) is 4.89. The lowest BCUT2D eigenvalue weighted by molar-refractivity contribution is 0.400. The zero-order chi connectivity index (χ0) is 14.3. The number of nitrogens with two attached hydrogens (primary N) is 1. The zero-order valence-corrected chi connectivity index (χ0v) is 12.5. The van der Waals surface area contributed by atoms with E-state index in [2.05, 4.69) is 4.72 Å². The average molecular weight is 282 g/mol. The summed E-state index contributed by atoms with van der Waals surface area (Å²) in [4.78, 5) is 0.298. The van der Waals surface area contributed by atoms with Crippen LogP contribution in [0.3, 0.4) is 0 Å². The molecule has 1 aliphatic rings. The number of hydrogen-bond acceptors (Lipinski definition) is 3. The Morgan fingerprint density at radius 2 is 2.00 bits per heavy atom. The monoisotopic (exact) mass is 282 g/mol. The summed E-state index contributed by atoms with van der Waals surface area (Å²) in [5.41, 5.74) is 7.13. The fraction of sp³-hybridized carbons (Fsp3) is 0.571. The maximum absolute atomic E-state index is 12.4. The largest absolute Gasteiger partial charge is 0.326 e. The number of rotatable bonds is 5. The van der Waals surface area contributed by atoms with Crippen LogP contribution in [0.1, 0.15) is 37.8 Å². The molecule has 1 aromatic carbocycles. The van der Waals surface area contributed by atoms with Crippen LogP contribution in [0.4, 0.5) is 0 Å². The molecule has 0 radical (unpaired) electrons. The molecule has 106 valence electrons. The van der Waals surface area contributed by atoms with Gasteiger partial charge in [0.15, 0.2) is 0 Å². The van der Waals surface area contributed by atoms with Gasteiger partial charge in [-0.1, -0.05) is 6.07 Å². The van der Waals surface area contributed by atoms with E-state index in [9.17, 15) is 8.42 Å². The van der Waals surface area contributed by atoms with Crippen LogP contribution in [0.25, 0.3) is 0 Å². The van der Waals surface area contributed by atoms with Gasteiger partial charge in [-0.15, -0.1) is 0 Å². The van der Waals surface area contributed by atoms with E-state index < -0.39 is 10.0 Å². The van der Waals surface area contributed by atoms with Gasteiger partial charge in [-0.3, -0.25) is 0 Å². The van der Waals surface area contributed by atoms with Gasteiger partial charge >= 0.3 is 0 Å². The van der Waals surface area contributed by atoms with Gasteiger partial charge < -0.3 is 5.73 Å². The first-order valence-corrected chi connectivity index (χ1v) is 8.08. The maximum Gasteiger partial charge on any atom is 0.241 e. The van der Waals surface area contributed by atoms with Crippen molar-refractivity contribution < 1.29 is 8.42 Å². The molecule has 4 nitrogen and oxygen atoms in total. The molecule has 19 heavy (non-hydrogen) atoms. The van der Waals surface area contributed by atoms with E-state index in [1.165, 1.54) is 0 Å². The molecule has 0 spiro atoms. The molecule has 0 aliphatic heterocycles. The van der Waals surface area contributed by atoms with Crippen molar-refractivity contribution in [3.05, 3.63) is 29.3 Å². The number of nitrogens with one attached hydrogen (secondary N) is 1. The van der Waals surface area contributed by atoms with Crippen molar-refractivity contribution in [2.24, 2.45) is 11.7 Å². The van der Waals surface area contributed by atoms with E-state index in [1.807, 2.05) is 20.8 Å². The average Bonchev–Trinajstić information content (AvgIpc) is 3.11. The summed E-state index contributed by atoms with van der Waals surface area (Å²) in [6.45, 7) is 6.17. The van der Waals surface area contributed by atoms with Crippen molar-refractivity contribution in [2.75, 3.05) is 0 Å². The number of aryl methyl sites for hydroxylation is 1. The normalized spacial score (nSPS) is 16.6. The van der Waals surface area contributed by atoms with Gasteiger partial charge in [-0.2, -0.15) is 0 Å². The van der Waals surface area contributed by atoms with Gasteiger partial charge in [0.2, 0.25) is 10.0 Å². The minimum atomic E-state index is -3.48. The minimum Gasteiger partial charge on any atom is -0.326 e. The Balaban J connectivity index is 2.29. The Kier molecular flexibility index (Phi) is 3.73. The molecule has 1 fully saturated rings. The van der Waals surface area contributed by atoms with Crippen LogP contribution in [-0.2, 0) is 16.6 Å². The van der Waals surface area contributed by atoms with E-state index in [0.29, 0.717) is 17.4 Å². The quantitative estimate of drug-likeness (QED) is 0.866. The topological polar surface area (TPSA) is 72.2 Å². The fourth-order valence-electron chi connectivity index (χ4n) is 2.33. The van der Waals surface area contributed by atoms with Crippen LogP contribution in [0.2, 0.25) is 0 Å². The highest BCUT2D eigenvalue weighted by Gasteiger charge is 2.40. The van der Waals surface area contributed by atoms with Gasteiger partial charge in [0.05, 0.1) is 4.90 Å². The summed E-state index contributed by atoms with van der Waals surface area (Å²) in [7, 11) is -3.48. The Hall–Kier alpha value is -0.910. The highest BCUT2D eigenvalue weighted by Crippen LogP contribution is 2.39. The number of sulfonamides is 1. The van der Waals surface area contributed by atoms with Crippen molar-refractivity contribution in [3.8, 4) is 0 Å². The summed E-state index contributed by atoms with van der Waals surface area (Å²) in [5, 5.41) is 0. The second-order valence-corrected chi connectivity index (χ2v) is 7.58. The molecule has 1 aliphatic carbocycles. The molecule has 0 saturated heterocycles. The van der Waals surface area contributed by atoms with Gasteiger partial charge in [0.25, 0.3) is 0 Å². The Labute approximate surface area is 115 Å². The van der Waals surface area contributed by atoms with Crippen LogP contribution in [-0.4, -0.2) is 14.0 Å². The maximum atomic E-state index is 12.4. The van der Waals surface area contributed by atoms with Gasteiger partial charge in [-0.25, -0.2) is 13.1 Å². The molecule has 0 amide bonds. The van der Waals surface area contributed by atoms with Gasteiger partial charge in [-0.05, 0) is 62.8 Å². The van der Waals surface area contributed by atoms with Gasteiger partial charge in [0, 0.05) is 12.1 Å². The molecule has 0 bridgehead atoms. The van der Waals surface area contributed by atoms with Crippen molar-refractivity contribution in [1.82, 2.24) is 4.72 Å². The third kappa shape index (κ3) is 3.16. The first kappa shape index (κ1) is 14.5. The van der Waals surface area contributed by atoms with Gasteiger partial charge in [0.1, 0.15) is 0 Å². The summed E-state index contributed by atoms with van der Waals surface area (Å²) >= 11 is 0. The van der Waals surface area contributed by atoms with Crippen LogP contribution in [0.5, 0.6) is 0 Å². The van der Waals surface area contributed by atoms with E-state index in [1.54, 1.807) is 18.2 Å². The standard InChI is InChI=1S/C14H22N2O2S/c1-10-4-7-13(8-11(10)9-15)19(17,18)16-14(2,3)12-5-6-12/h4,7-8,12,16H,5-6,9,15H2,1-3H3. The predicted molar refractivity (Wildman–Crippen MR) is 76.2 cm³/mol. The molecule has 1 aromatic rings. The number of hydrogen-bond donors (Lipinski definition) is 2. The fourth-order valence-corrected chi connectivity index (χ4v) is 3.85. The lowest BCUT2D eigenvalue weighted by Gasteiger charge is -2.26. The van der Waals surface area contributed by atoms with Crippen molar-refractivity contribution >= 4 is 10.0 Å². The first-order valence-electron chi connectivity index (χ1n) is 6.60. The Bertz CT molecular complexity index is 575. The molecule has 2 rings (SSSR count). The van der Waals surface area contributed by atoms with E-state index in [4.69, 9.17) is 5.73 Å². The molecular formula is C14H22N2O2S. The van der Waals surface area contributed by atoms with Crippen LogP contribution in [0.15, 0.2) is 23.1 Å². The van der Waals surface area contributed by atoms with E-state index >= 15 is 0 Å². The first-order chi connectivity index (χ1) is 8.76. The lowest BCUT2D eigenvalue weighted by atomic mass is 10.0. The third-order valence-electron chi connectivity index (χ3n) is 3.85. The molecule has 5 heteroatoms. The Morgan fingerprint density at radius 1 is 1.37 bits per heavy atom. The lowest BCUT2D eigenvalue weighted by Crippen LogP contribution is -2.45. The predicted octanol–water partition coefficient (Wildman–Crippen LogP) is 1.92. The zero-order valence-electron chi connectivity index (χ0n) is 11.7. The highest BCUT2D eigenvalue weighted by atomic mass is 32.2. The minimum absolute atomic E-state index is 0.298. The molecule has 3 N–H and O–H groups in total. The van der Waals surface area contributed by atoms with E-state index in [0.717, 1.165) is 24.0 Å². The molecule has 0 atom stereocenters. The molecule has 0 heterocycles. The summed E-state index contributed by atoms with van der Waals surface area (Å²) in [6.07, 6.45) is 2.19. The van der Waals surface area contributed by atoms with Crippen molar-refractivity contribution in [1.29, 1.82) is 0 Å². The molecular weight excluding hydrogens is 260 g/mol. The smallest absolute Gasteiger partial charge is 0.241 e. The third-order valence-corrected chi connectivity index (χ3v) is 5.52. The van der Waals surface area contributed by atoms with Crippen molar-refractivity contribution in [3.63, 3.8) is 0 Å². The Morgan fingerprint density at radius 3 is 2.53 bits per heavy atom. The summed E-state index contributed by atoms with van der Waals surface area (Å²) < 4.78 is 27.6.